The number of urea groups is 1. The number of hydrogen-bond donors (Lipinski definition) is 3. The summed E-state index contributed by atoms with van der Waals surface area (Å²) in [6, 6.07) is 3.59. The van der Waals surface area contributed by atoms with Crippen LogP contribution in [-0.4, -0.2) is 35.2 Å². The van der Waals surface area contributed by atoms with Crippen LogP contribution in [0, 0.1) is 5.41 Å². The van der Waals surface area contributed by atoms with Crippen molar-refractivity contribution in [2.45, 2.75) is 32.1 Å². The molecule has 1 aliphatic carbocycles. The van der Waals surface area contributed by atoms with E-state index in [0.717, 1.165) is 31.2 Å². The number of hydrogen-bond acceptors (Lipinski definition) is 3. The molecule has 1 heterocycles. The average Bonchev–Trinajstić information content (AvgIpc) is 2.42. The molecule has 1 aromatic heterocycles. The van der Waals surface area contributed by atoms with Crippen LogP contribution < -0.4 is 10.6 Å². The molecule has 21 heavy (non-hydrogen) atoms. The molecule has 1 saturated carbocycles. The van der Waals surface area contributed by atoms with E-state index in [1.165, 1.54) is 0 Å². The Morgan fingerprint density at radius 1 is 1.24 bits per heavy atom. The van der Waals surface area contributed by atoms with E-state index in [-0.39, 0.29) is 17.9 Å². The molecule has 2 rings (SSSR count). The molecule has 0 aliphatic heterocycles. The predicted octanol–water partition coefficient (Wildman–Crippen LogP) is 1.57. The van der Waals surface area contributed by atoms with Gasteiger partial charge in [-0.15, -0.1) is 0 Å². The molecule has 0 saturated heterocycles. The summed E-state index contributed by atoms with van der Waals surface area (Å²) >= 11 is 0. The molecule has 0 atom stereocenters. The summed E-state index contributed by atoms with van der Waals surface area (Å²) in [6.07, 6.45) is 7.11. The van der Waals surface area contributed by atoms with Gasteiger partial charge in [0.2, 0.25) is 0 Å². The lowest BCUT2D eigenvalue weighted by Gasteiger charge is -2.40. The molecule has 114 valence electrons. The third kappa shape index (κ3) is 4.73. The van der Waals surface area contributed by atoms with E-state index >= 15 is 0 Å². The minimum atomic E-state index is -0.797. The summed E-state index contributed by atoms with van der Waals surface area (Å²) < 4.78 is 0. The Hall–Kier alpha value is -2.11. The van der Waals surface area contributed by atoms with Crippen LogP contribution in [0.1, 0.15) is 31.2 Å². The molecule has 6 nitrogen and oxygen atoms in total. The second kappa shape index (κ2) is 7.06. The van der Waals surface area contributed by atoms with Crippen LogP contribution in [0.3, 0.4) is 0 Å². The van der Waals surface area contributed by atoms with Gasteiger partial charge >= 0.3 is 12.0 Å². The number of aromatic nitrogens is 1. The normalized spacial score (nSPS) is 15.8. The smallest absolute Gasteiger partial charge is 0.314 e. The van der Waals surface area contributed by atoms with Crippen molar-refractivity contribution < 1.29 is 14.7 Å². The first-order chi connectivity index (χ1) is 10.1. The van der Waals surface area contributed by atoms with Gasteiger partial charge in [-0.3, -0.25) is 9.78 Å². The van der Waals surface area contributed by atoms with Crippen LogP contribution in [-0.2, 0) is 11.2 Å². The summed E-state index contributed by atoms with van der Waals surface area (Å²) in [7, 11) is 0. The third-order valence-electron chi connectivity index (χ3n) is 4.01. The number of carboxylic acid groups (broad SMARTS) is 1. The van der Waals surface area contributed by atoms with E-state index in [1.807, 2.05) is 12.1 Å². The quantitative estimate of drug-likeness (QED) is 0.711. The minimum absolute atomic E-state index is 0.129. The molecular formula is C15H21N3O3. The number of rotatable bonds is 7. The van der Waals surface area contributed by atoms with Gasteiger partial charge in [0.25, 0.3) is 0 Å². The van der Waals surface area contributed by atoms with Crippen molar-refractivity contribution in [1.82, 2.24) is 15.6 Å². The molecule has 6 heteroatoms. The van der Waals surface area contributed by atoms with Gasteiger partial charge in [0.05, 0.1) is 6.42 Å². The molecular weight excluding hydrogens is 270 g/mol. The lowest BCUT2D eigenvalue weighted by molar-refractivity contribution is -0.141. The molecule has 1 aliphatic rings. The second-order valence-electron chi connectivity index (χ2n) is 5.64. The van der Waals surface area contributed by atoms with Crippen molar-refractivity contribution in [3.8, 4) is 0 Å². The molecule has 0 spiro atoms. The summed E-state index contributed by atoms with van der Waals surface area (Å²) in [5.74, 6) is -0.797. The maximum Gasteiger partial charge on any atom is 0.314 e. The van der Waals surface area contributed by atoms with E-state index in [4.69, 9.17) is 5.11 Å². The van der Waals surface area contributed by atoms with E-state index in [9.17, 15) is 9.59 Å². The van der Waals surface area contributed by atoms with E-state index in [0.29, 0.717) is 13.1 Å². The maximum absolute atomic E-state index is 11.7. The fraction of sp³-hybridized carbons (Fsp3) is 0.533. The molecule has 0 bridgehead atoms. The van der Waals surface area contributed by atoms with E-state index in [2.05, 4.69) is 15.6 Å². The number of carbonyl (C=O) groups is 2. The van der Waals surface area contributed by atoms with Gasteiger partial charge in [-0.1, -0.05) is 6.42 Å². The zero-order valence-electron chi connectivity index (χ0n) is 12.0. The minimum Gasteiger partial charge on any atom is -0.481 e. The molecule has 3 N–H and O–H groups in total. The lowest BCUT2D eigenvalue weighted by Crippen LogP contribution is -2.46. The van der Waals surface area contributed by atoms with Crippen LogP contribution in [0.15, 0.2) is 24.5 Å². The summed E-state index contributed by atoms with van der Waals surface area (Å²) in [6.45, 7) is 0.974. The number of nitrogens with zero attached hydrogens (tertiary/aromatic N) is 1. The first-order valence-electron chi connectivity index (χ1n) is 7.22. The number of pyridine rings is 1. The fourth-order valence-electron chi connectivity index (χ4n) is 2.61. The Morgan fingerprint density at radius 3 is 2.52 bits per heavy atom. The van der Waals surface area contributed by atoms with Crippen LogP contribution >= 0.6 is 0 Å². The molecule has 0 radical (unpaired) electrons. The maximum atomic E-state index is 11.7. The second-order valence-corrected chi connectivity index (χ2v) is 5.64. The number of amides is 2. The molecule has 1 fully saturated rings. The third-order valence-corrected chi connectivity index (χ3v) is 4.01. The highest BCUT2D eigenvalue weighted by Crippen LogP contribution is 2.43. The summed E-state index contributed by atoms with van der Waals surface area (Å²) in [5.41, 5.74) is 0.875. The van der Waals surface area contributed by atoms with Crippen molar-refractivity contribution in [3.05, 3.63) is 30.1 Å². The standard InChI is InChI=1S/C15H21N3O3/c19-13(20)10-15(5-1-6-15)11-18-14(21)17-9-4-12-2-7-16-8-3-12/h2-3,7-8H,1,4-6,9-11H2,(H,19,20)(H2,17,18,21). The highest BCUT2D eigenvalue weighted by Gasteiger charge is 2.39. The van der Waals surface area contributed by atoms with Gasteiger partial charge in [-0.25, -0.2) is 4.79 Å². The van der Waals surface area contributed by atoms with Crippen LogP contribution in [0.2, 0.25) is 0 Å². The SMILES string of the molecule is O=C(O)CC1(CNC(=O)NCCc2ccncc2)CCC1. The number of aliphatic carboxylic acids is 1. The van der Waals surface area contributed by atoms with Gasteiger partial charge in [0.15, 0.2) is 0 Å². The van der Waals surface area contributed by atoms with Crippen molar-refractivity contribution in [3.63, 3.8) is 0 Å². The van der Waals surface area contributed by atoms with Crippen LogP contribution in [0.4, 0.5) is 4.79 Å². The first-order valence-corrected chi connectivity index (χ1v) is 7.22. The highest BCUT2D eigenvalue weighted by molar-refractivity contribution is 5.74. The zero-order chi connectivity index (χ0) is 15.1. The molecule has 2 amide bonds. The zero-order valence-corrected chi connectivity index (χ0v) is 12.0. The number of nitrogens with one attached hydrogen (secondary N) is 2. The Kier molecular flexibility index (Phi) is 5.14. The molecule has 1 aromatic rings. The average molecular weight is 291 g/mol. The van der Waals surface area contributed by atoms with E-state index < -0.39 is 5.97 Å². The van der Waals surface area contributed by atoms with Gasteiger partial charge < -0.3 is 15.7 Å². The molecule has 0 aromatic carbocycles. The fourth-order valence-corrected chi connectivity index (χ4v) is 2.61. The predicted molar refractivity (Wildman–Crippen MR) is 77.9 cm³/mol. The topological polar surface area (TPSA) is 91.3 Å². The summed E-state index contributed by atoms with van der Waals surface area (Å²) in [5, 5.41) is 14.5. The Morgan fingerprint density at radius 2 is 1.95 bits per heavy atom. The highest BCUT2D eigenvalue weighted by atomic mass is 16.4. The van der Waals surface area contributed by atoms with Crippen molar-refractivity contribution in [2.75, 3.05) is 13.1 Å². The van der Waals surface area contributed by atoms with Gasteiger partial charge in [-0.05, 0) is 42.4 Å². The number of carbonyl (C=O) groups excluding carboxylic acids is 1. The Balaban J connectivity index is 1.66. The summed E-state index contributed by atoms with van der Waals surface area (Å²) in [4.78, 5) is 26.5. The first kappa shape index (κ1) is 15.3. The van der Waals surface area contributed by atoms with Crippen molar-refractivity contribution >= 4 is 12.0 Å². The number of carboxylic acids is 1. The molecule has 0 unspecified atom stereocenters. The Labute approximate surface area is 124 Å². The monoisotopic (exact) mass is 291 g/mol. The Bertz CT molecular complexity index is 486. The van der Waals surface area contributed by atoms with Crippen LogP contribution in [0.25, 0.3) is 0 Å². The largest absolute Gasteiger partial charge is 0.481 e. The van der Waals surface area contributed by atoms with Crippen molar-refractivity contribution in [1.29, 1.82) is 0 Å². The van der Waals surface area contributed by atoms with Gasteiger partial charge in [0, 0.05) is 25.5 Å². The van der Waals surface area contributed by atoms with Gasteiger partial charge in [0.1, 0.15) is 0 Å². The van der Waals surface area contributed by atoms with Crippen LogP contribution in [0.5, 0.6) is 0 Å². The lowest BCUT2D eigenvalue weighted by atomic mass is 9.66. The van der Waals surface area contributed by atoms with Crippen molar-refractivity contribution in [2.24, 2.45) is 5.41 Å². The van der Waals surface area contributed by atoms with E-state index in [1.54, 1.807) is 12.4 Å². The van der Waals surface area contributed by atoms with Gasteiger partial charge in [-0.2, -0.15) is 0 Å².